The summed E-state index contributed by atoms with van der Waals surface area (Å²) in [4.78, 5) is 11.1. The molecule has 0 aromatic heterocycles. The second-order valence-corrected chi connectivity index (χ2v) is 5.24. The molecule has 84 valence electrons. The van der Waals surface area contributed by atoms with E-state index < -0.39 is 0 Å². The van der Waals surface area contributed by atoms with Gasteiger partial charge in [-0.15, -0.1) is 0 Å². The molecule has 1 heteroatoms. The van der Waals surface area contributed by atoms with Crippen LogP contribution in [0.25, 0.3) is 5.57 Å². The van der Waals surface area contributed by atoms with Crippen LogP contribution in [-0.2, 0) is 4.79 Å². The Kier molecular flexibility index (Phi) is 2.95. The Bertz CT molecular complexity index is 401. The first-order valence-electron chi connectivity index (χ1n) is 5.86. The molecule has 1 aliphatic rings. The minimum atomic E-state index is 0.0791. The molecule has 0 radical (unpaired) electrons. The monoisotopic (exact) mass is 214 g/mol. The molecule has 1 aromatic rings. The first-order chi connectivity index (χ1) is 7.62. The summed E-state index contributed by atoms with van der Waals surface area (Å²) < 4.78 is 0. The van der Waals surface area contributed by atoms with E-state index >= 15 is 0 Å². The minimum Gasteiger partial charge on any atom is -0.303 e. The van der Waals surface area contributed by atoms with Crippen molar-refractivity contribution in [2.45, 2.75) is 26.7 Å². The van der Waals surface area contributed by atoms with E-state index in [2.05, 4.69) is 32.1 Å². The van der Waals surface area contributed by atoms with Gasteiger partial charge in [0.1, 0.15) is 6.29 Å². The number of hydrogen-bond donors (Lipinski definition) is 0. The van der Waals surface area contributed by atoms with Gasteiger partial charge in [0, 0.05) is 5.92 Å². The predicted octanol–water partition coefficient (Wildman–Crippen LogP) is 3.71. The summed E-state index contributed by atoms with van der Waals surface area (Å²) in [6, 6.07) is 10.2. The largest absolute Gasteiger partial charge is 0.303 e. The van der Waals surface area contributed by atoms with E-state index in [-0.39, 0.29) is 11.3 Å². The van der Waals surface area contributed by atoms with Crippen LogP contribution in [0.4, 0.5) is 0 Å². The summed E-state index contributed by atoms with van der Waals surface area (Å²) in [5, 5.41) is 0. The number of carbonyl (C=O) groups excluding carboxylic acids is 1. The molecule has 0 heterocycles. The van der Waals surface area contributed by atoms with Crippen LogP contribution in [0, 0.1) is 11.3 Å². The van der Waals surface area contributed by atoms with Crippen LogP contribution in [-0.4, -0.2) is 6.29 Å². The average Bonchev–Trinajstić information content (AvgIpc) is 2.29. The van der Waals surface area contributed by atoms with Gasteiger partial charge >= 0.3 is 0 Å². The average molecular weight is 214 g/mol. The molecule has 1 aromatic carbocycles. The minimum absolute atomic E-state index is 0.0791. The van der Waals surface area contributed by atoms with Crippen molar-refractivity contribution in [3.63, 3.8) is 0 Å². The normalized spacial score (nSPS) is 23.6. The van der Waals surface area contributed by atoms with E-state index in [0.29, 0.717) is 0 Å². The summed E-state index contributed by atoms with van der Waals surface area (Å²) in [5.74, 6) is 0.0791. The SMILES string of the molecule is CC1(C)C=C(c2ccccc2)C(C=O)CC1. The molecule has 16 heavy (non-hydrogen) atoms. The standard InChI is InChI=1S/C15H18O/c1-15(2)9-8-13(11-16)14(10-15)12-6-4-3-5-7-12/h3-7,10-11,13H,8-9H2,1-2H3. The number of benzene rings is 1. The van der Waals surface area contributed by atoms with Gasteiger partial charge < -0.3 is 4.79 Å². The Hall–Kier alpha value is -1.37. The highest BCUT2D eigenvalue weighted by Crippen LogP contribution is 2.40. The van der Waals surface area contributed by atoms with Crippen molar-refractivity contribution in [1.29, 1.82) is 0 Å². The molecular weight excluding hydrogens is 196 g/mol. The van der Waals surface area contributed by atoms with E-state index in [1.54, 1.807) is 0 Å². The third kappa shape index (κ3) is 2.24. The zero-order valence-corrected chi connectivity index (χ0v) is 9.94. The van der Waals surface area contributed by atoms with Crippen LogP contribution >= 0.6 is 0 Å². The van der Waals surface area contributed by atoms with E-state index in [9.17, 15) is 4.79 Å². The second-order valence-electron chi connectivity index (χ2n) is 5.24. The molecule has 0 saturated heterocycles. The van der Waals surface area contributed by atoms with Crippen LogP contribution in [0.3, 0.4) is 0 Å². The Labute approximate surface area is 97.2 Å². The lowest BCUT2D eigenvalue weighted by atomic mass is 9.73. The van der Waals surface area contributed by atoms with Crippen LogP contribution in [0.1, 0.15) is 32.3 Å². The lowest BCUT2D eigenvalue weighted by molar-refractivity contribution is -0.110. The fourth-order valence-electron chi connectivity index (χ4n) is 2.35. The van der Waals surface area contributed by atoms with Gasteiger partial charge in [0.25, 0.3) is 0 Å². The van der Waals surface area contributed by atoms with Gasteiger partial charge in [-0.2, -0.15) is 0 Å². The van der Waals surface area contributed by atoms with Gasteiger partial charge in [0.15, 0.2) is 0 Å². The quantitative estimate of drug-likeness (QED) is 0.686. The van der Waals surface area contributed by atoms with Crippen LogP contribution in [0.15, 0.2) is 36.4 Å². The highest BCUT2D eigenvalue weighted by molar-refractivity contribution is 5.81. The molecule has 0 bridgehead atoms. The van der Waals surface area contributed by atoms with E-state index in [1.807, 2.05) is 18.2 Å². The number of hydrogen-bond acceptors (Lipinski definition) is 1. The number of aldehydes is 1. The smallest absolute Gasteiger partial charge is 0.127 e. The summed E-state index contributed by atoms with van der Waals surface area (Å²) in [6.07, 6.45) is 5.42. The fourth-order valence-corrected chi connectivity index (χ4v) is 2.35. The van der Waals surface area contributed by atoms with Gasteiger partial charge in [-0.1, -0.05) is 50.3 Å². The zero-order valence-electron chi connectivity index (χ0n) is 9.94. The van der Waals surface area contributed by atoms with Gasteiger partial charge in [-0.25, -0.2) is 0 Å². The highest BCUT2D eigenvalue weighted by Gasteiger charge is 2.27. The molecule has 0 aliphatic heterocycles. The topological polar surface area (TPSA) is 17.1 Å². The fraction of sp³-hybridized carbons (Fsp3) is 0.400. The van der Waals surface area contributed by atoms with E-state index in [0.717, 1.165) is 19.1 Å². The summed E-state index contributed by atoms with van der Waals surface area (Å²) >= 11 is 0. The Morgan fingerprint density at radius 2 is 1.94 bits per heavy atom. The van der Waals surface area contributed by atoms with Crippen molar-refractivity contribution < 1.29 is 4.79 Å². The third-order valence-corrected chi connectivity index (χ3v) is 3.32. The molecule has 2 rings (SSSR count). The number of carbonyl (C=O) groups is 1. The number of rotatable bonds is 2. The lowest BCUT2D eigenvalue weighted by Crippen LogP contribution is -2.20. The summed E-state index contributed by atoms with van der Waals surface area (Å²) in [5.41, 5.74) is 2.60. The Balaban J connectivity index is 2.42. The molecule has 1 atom stereocenters. The molecule has 0 amide bonds. The Morgan fingerprint density at radius 3 is 2.56 bits per heavy atom. The van der Waals surface area contributed by atoms with Crippen molar-refractivity contribution in [2.75, 3.05) is 0 Å². The van der Waals surface area contributed by atoms with Crippen LogP contribution in [0.5, 0.6) is 0 Å². The van der Waals surface area contributed by atoms with Crippen molar-refractivity contribution in [1.82, 2.24) is 0 Å². The predicted molar refractivity (Wildman–Crippen MR) is 67.0 cm³/mol. The molecule has 1 aliphatic carbocycles. The number of allylic oxidation sites excluding steroid dienone is 2. The molecule has 0 spiro atoms. The highest BCUT2D eigenvalue weighted by atomic mass is 16.1. The van der Waals surface area contributed by atoms with E-state index in [1.165, 1.54) is 11.1 Å². The molecule has 0 saturated carbocycles. The van der Waals surface area contributed by atoms with Gasteiger partial charge in [0.2, 0.25) is 0 Å². The summed E-state index contributed by atoms with van der Waals surface area (Å²) in [6.45, 7) is 4.47. The Morgan fingerprint density at radius 1 is 1.25 bits per heavy atom. The van der Waals surface area contributed by atoms with Crippen molar-refractivity contribution in [3.05, 3.63) is 42.0 Å². The molecule has 0 N–H and O–H groups in total. The van der Waals surface area contributed by atoms with Gasteiger partial charge in [0.05, 0.1) is 0 Å². The third-order valence-electron chi connectivity index (χ3n) is 3.32. The van der Waals surface area contributed by atoms with Crippen LogP contribution < -0.4 is 0 Å². The lowest BCUT2D eigenvalue weighted by Gasteiger charge is -2.31. The molecule has 0 fully saturated rings. The van der Waals surface area contributed by atoms with Crippen molar-refractivity contribution in [2.24, 2.45) is 11.3 Å². The van der Waals surface area contributed by atoms with Crippen LogP contribution in [0.2, 0.25) is 0 Å². The molecular formula is C15H18O. The van der Waals surface area contributed by atoms with Crippen molar-refractivity contribution in [3.8, 4) is 0 Å². The maximum Gasteiger partial charge on any atom is 0.127 e. The van der Waals surface area contributed by atoms with E-state index in [4.69, 9.17) is 0 Å². The zero-order chi connectivity index (χ0) is 11.6. The maximum absolute atomic E-state index is 11.1. The first-order valence-corrected chi connectivity index (χ1v) is 5.86. The second kappa shape index (κ2) is 4.25. The molecule has 1 nitrogen and oxygen atoms in total. The van der Waals surface area contributed by atoms with Gasteiger partial charge in [-0.05, 0) is 29.4 Å². The van der Waals surface area contributed by atoms with Gasteiger partial charge in [-0.3, -0.25) is 0 Å². The van der Waals surface area contributed by atoms with Crippen molar-refractivity contribution >= 4 is 11.9 Å². The molecule has 1 unspecified atom stereocenters. The summed E-state index contributed by atoms with van der Waals surface area (Å²) in [7, 11) is 0. The first kappa shape index (κ1) is 11.1. The maximum atomic E-state index is 11.1.